The second-order valence-corrected chi connectivity index (χ2v) is 7.84. The van der Waals surface area contributed by atoms with Gasteiger partial charge in [-0.25, -0.2) is 0 Å². The Balaban J connectivity index is 1.37. The predicted molar refractivity (Wildman–Crippen MR) is 101 cm³/mol. The van der Waals surface area contributed by atoms with Gasteiger partial charge in [0.1, 0.15) is 0 Å². The number of nitrogens with zero attached hydrogens (tertiary/aromatic N) is 3. The van der Waals surface area contributed by atoms with Gasteiger partial charge in [-0.05, 0) is 74.1 Å². The maximum Gasteiger partial charge on any atom is 0.250 e. The maximum absolute atomic E-state index is 5.39. The Morgan fingerprint density at radius 2 is 2.04 bits per heavy atom. The second kappa shape index (κ2) is 7.00. The first-order valence-corrected chi connectivity index (χ1v) is 9.76. The van der Waals surface area contributed by atoms with Crippen LogP contribution < -0.4 is 0 Å². The first-order valence-electron chi connectivity index (χ1n) is 8.88. The summed E-state index contributed by atoms with van der Waals surface area (Å²) in [6, 6.07) is 8.52. The number of thiophene rings is 1. The molecule has 0 saturated heterocycles. The van der Waals surface area contributed by atoms with Crippen molar-refractivity contribution >= 4 is 17.4 Å². The lowest BCUT2D eigenvalue weighted by Gasteiger charge is -2.25. The Bertz CT molecular complexity index is 852. The molecule has 130 valence electrons. The van der Waals surface area contributed by atoms with Crippen LogP contribution in [0.15, 0.2) is 40.2 Å². The summed E-state index contributed by atoms with van der Waals surface area (Å²) < 4.78 is 7.47. The number of rotatable bonds is 4. The van der Waals surface area contributed by atoms with Crippen molar-refractivity contribution in [3.8, 4) is 11.5 Å². The molecule has 0 aliphatic heterocycles. The summed E-state index contributed by atoms with van der Waals surface area (Å²) in [5.41, 5.74) is 2.16. The van der Waals surface area contributed by atoms with E-state index in [0.29, 0.717) is 17.6 Å². The third-order valence-corrected chi connectivity index (χ3v) is 6.31. The van der Waals surface area contributed by atoms with Crippen molar-refractivity contribution in [2.75, 3.05) is 0 Å². The molecule has 0 spiro atoms. The zero-order chi connectivity index (χ0) is 17.2. The van der Waals surface area contributed by atoms with Gasteiger partial charge in [0.05, 0.1) is 5.69 Å². The molecule has 1 aliphatic carbocycles. The minimum Gasteiger partial charge on any atom is -0.345 e. The molecule has 0 amide bonds. The number of allylic oxidation sites excluding steroid dienone is 1. The molecule has 0 N–H and O–H groups in total. The average Bonchev–Trinajstić information content (AvgIpc) is 3.37. The lowest BCUT2D eigenvalue weighted by atomic mass is 9.81. The lowest BCUT2D eigenvalue weighted by molar-refractivity contribution is 0.378. The zero-order valence-corrected chi connectivity index (χ0v) is 15.5. The Kier molecular flexibility index (Phi) is 4.57. The molecular formula is C20H23N3OS. The molecule has 0 bridgehead atoms. The molecule has 3 aromatic rings. The molecule has 0 radical (unpaired) electrons. The molecule has 1 saturated carbocycles. The zero-order valence-electron chi connectivity index (χ0n) is 14.7. The Morgan fingerprint density at radius 1 is 1.20 bits per heavy atom. The number of hydrogen-bond acceptors (Lipinski definition) is 4. The fourth-order valence-electron chi connectivity index (χ4n) is 3.58. The van der Waals surface area contributed by atoms with Crippen molar-refractivity contribution in [3.63, 3.8) is 0 Å². The Morgan fingerprint density at radius 3 is 2.72 bits per heavy atom. The van der Waals surface area contributed by atoms with Crippen molar-refractivity contribution in [3.05, 3.63) is 52.2 Å². The van der Waals surface area contributed by atoms with Gasteiger partial charge in [0, 0.05) is 17.6 Å². The van der Waals surface area contributed by atoms with Gasteiger partial charge in [-0.15, -0.1) is 11.3 Å². The van der Waals surface area contributed by atoms with Gasteiger partial charge in [-0.3, -0.25) is 0 Å². The van der Waals surface area contributed by atoms with E-state index in [4.69, 9.17) is 4.52 Å². The topological polar surface area (TPSA) is 43.9 Å². The summed E-state index contributed by atoms with van der Waals surface area (Å²) in [5, 5.41) is 6.30. The lowest BCUT2D eigenvalue weighted by Crippen LogP contribution is -2.10. The van der Waals surface area contributed by atoms with Crippen LogP contribution in [0.4, 0.5) is 0 Å². The van der Waals surface area contributed by atoms with Gasteiger partial charge < -0.3 is 9.09 Å². The molecule has 0 unspecified atom stereocenters. The van der Waals surface area contributed by atoms with Gasteiger partial charge in [0.25, 0.3) is 5.89 Å². The molecule has 4 rings (SSSR count). The minimum absolute atomic E-state index is 0.592. The van der Waals surface area contributed by atoms with Crippen LogP contribution in [0.1, 0.15) is 48.1 Å². The summed E-state index contributed by atoms with van der Waals surface area (Å²) in [4.78, 5) is 6.05. The highest BCUT2D eigenvalue weighted by Gasteiger charge is 2.21. The number of hydrogen-bond donors (Lipinski definition) is 0. The predicted octanol–water partition coefficient (Wildman–Crippen LogP) is 5.43. The molecule has 3 aromatic heterocycles. The van der Waals surface area contributed by atoms with E-state index in [-0.39, 0.29) is 0 Å². The van der Waals surface area contributed by atoms with E-state index in [1.165, 1.54) is 31.4 Å². The van der Waals surface area contributed by atoms with Crippen molar-refractivity contribution in [1.29, 1.82) is 0 Å². The van der Waals surface area contributed by atoms with Crippen LogP contribution in [0.2, 0.25) is 0 Å². The standard InChI is InChI=1S/C20H23N3OS/c1-14-5-11-17(23(14)2)20-21-19(24-22-20)12-8-15-6-9-16(10-7-15)18-4-3-13-25-18/h3-5,8,11-13,15-16H,6-7,9-10H2,1-2H3. The highest BCUT2D eigenvalue weighted by molar-refractivity contribution is 7.10. The number of aromatic nitrogens is 3. The van der Waals surface area contributed by atoms with Crippen molar-refractivity contribution < 1.29 is 4.52 Å². The van der Waals surface area contributed by atoms with Crippen LogP contribution >= 0.6 is 11.3 Å². The van der Waals surface area contributed by atoms with E-state index in [2.05, 4.69) is 51.3 Å². The van der Waals surface area contributed by atoms with Gasteiger partial charge in [-0.1, -0.05) is 17.3 Å². The summed E-state index contributed by atoms with van der Waals surface area (Å²) in [6.07, 6.45) is 9.25. The second-order valence-electron chi connectivity index (χ2n) is 6.86. The normalized spacial score (nSPS) is 21.2. The third-order valence-electron chi connectivity index (χ3n) is 5.27. The van der Waals surface area contributed by atoms with Crippen molar-refractivity contribution in [2.24, 2.45) is 13.0 Å². The average molecular weight is 353 g/mol. The first-order chi connectivity index (χ1) is 12.2. The van der Waals surface area contributed by atoms with E-state index >= 15 is 0 Å². The van der Waals surface area contributed by atoms with Crippen LogP contribution in [-0.2, 0) is 7.05 Å². The fraction of sp³-hybridized carbons (Fsp3) is 0.400. The molecule has 3 heterocycles. The highest BCUT2D eigenvalue weighted by Crippen LogP contribution is 2.38. The van der Waals surface area contributed by atoms with Gasteiger partial charge in [0.2, 0.25) is 5.82 Å². The largest absolute Gasteiger partial charge is 0.345 e. The molecule has 1 fully saturated rings. The minimum atomic E-state index is 0.592. The number of aryl methyl sites for hydroxylation is 1. The van der Waals surface area contributed by atoms with E-state index in [9.17, 15) is 0 Å². The molecule has 5 heteroatoms. The summed E-state index contributed by atoms with van der Waals surface area (Å²) >= 11 is 1.89. The van der Waals surface area contributed by atoms with Gasteiger partial charge in [0.15, 0.2) is 0 Å². The van der Waals surface area contributed by atoms with Gasteiger partial charge in [-0.2, -0.15) is 4.98 Å². The van der Waals surface area contributed by atoms with Crippen LogP contribution in [-0.4, -0.2) is 14.7 Å². The highest BCUT2D eigenvalue weighted by atomic mass is 32.1. The van der Waals surface area contributed by atoms with E-state index in [1.54, 1.807) is 4.88 Å². The molecular weight excluding hydrogens is 330 g/mol. The Hall–Kier alpha value is -2.14. The molecule has 0 aromatic carbocycles. The molecule has 1 aliphatic rings. The van der Waals surface area contributed by atoms with E-state index in [0.717, 1.165) is 11.6 Å². The molecule has 0 atom stereocenters. The quantitative estimate of drug-likeness (QED) is 0.628. The third kappa shape index (κ3) is 3.47. The SMILES string of the molecule is Cc1ccc(-c2noc(C=CC3CCC(c4cccs4)CC3)n2)n1C. The van der Waals surface area contributed by atoms with E-state index < -0.39 is 0 Å². The summed E-state index contributed by atoms with van der Waals surface area (Å²) in [7, 11) is 2.02. The van der Waals surface area contributed by atoms with Crippen LogP contribution in [0, 0.1) is 12.8 Å². The smallest absolute Gasteiger partial charge is 0.250 e. The van der Waals surface area contributed by atoms with E-state index in [1.807, 2.05) is 30.5 Å². The van der Waals surface area contributed by atoms with Crippen molar-refractivity contribution in [1.82, 2.24) is 14.7 Å². The molecule has 4 nitrogen and oxygen atoms in total. The monoisotopic (exact) mass is 353 g/mol. The fourth-order valence-corrected chi connectivity index (χ4v) is 4.48. The molecule has 25 heavy (non-hydrogen) atoms. The Labute approximate surface area is 152 Å². The maximum atomic E-state index is 5.39. The van der Waals surface area contributed by atoms with Gasteiger partial charge >= 0.3 is 0 Å². The van der Waals surface area contributed by atoms with Crippen LogP contribution in [0.3, 0.4) is 0 Å². The van der Waals surface area contributed by atoms with Crippen LogP contribution in [0.25, 0.3) is 17.6 Å². The van der Waals surface area contributed by atoms with Crippen LogP contribution in [0.5, 0.6) is 0 Å². The van der Waals surface area contributed by atoms with Crippen molar-refractivity contribution in [2.45, 2.75) is 38.5 Å². The summed E-state index contributed by atoms with van der Waals surface area (Å²) in [5.74, 6) is 2.61. The first kappa shape index (κ1) is 16.3. The summed E-state index contributed by atoms with van der Waals surface area (Å²) in [6.45, 7) is 2.07.